The molecular formula is C15H17N3S. The number of rotatable bonds is 2. The highest BCUT2D eigenvalue weighted by atomic mass is 32.1. The van der Waals surface area contributed by atoms with Gasteiger partial charge >= 0.3 is 0 Å². The summed E-state index contributed by atoms with van der Waals surface area (Å²) in [6, 6.07) is 8.22. The van der Waals surface area contributed by atoms with Crippen molar-refractivity contribution >= 4 is 22.5 Å². The predicted octanol–water partition coefficient (Wildman–Crippen LogP) is 3.84. The Morgan fingerprint density at radius 3 is 2.74 bits per heavy atom. The van der Waals surface area contributed by atoms with E-state index < -0.39 is 0 Å². The van der Waals surface area contributed by atoms with E-state index in [1.54, 1.807) is 11.3 Å². The zero-order chi connectivity index (χ0) is 13.5. The number of hydrogen-bond acceptors (Lipinski definition) is 3. The molecule has 0 saturated carbocycles. The van der Waals surface area contributed by atoms with Gasteiger partial charge in [-0.3, -0.25) is 0 Å². The molecule has 0 spiro atoms. The van der Waals surface area contributed by atoms with Gasteiger partial charge in [0.2, 0.25) is 0 Å². The van der Waals surface area contributed by atoms with Crippen molar-refractivity contribution in [2.75, 3.05) is 0 Å². The minimum Gasteiger partial charge on any atom is -0.307 e. The van der Waals surface area contributed by atoms with Crippen LogP contribution in [-0.2, 0) is 12.0 Å². The van der Waals surface area contributed by atoms with E-state index >= 15 is 0 Å². The van der Waals surface area contributed by atoms with Gasteiger partial charge in [-0.2, -0.15) is 0 Å². The molecule has 0 N–H and O–H groups in total. The number of thiophene rings is 1. The van der Waals surface area contributed by atoms with Crippen LogP contribution in [0.3, 0.4) is 0 Å². The summed E-state index contributed by atoms with van der Waals surface area (Å²) >= 11 is 1.77. The second-order valence-corrected chi connectivity index (χ2v) is 6.73. The Labute approximate surface area is 116 Å². The number of fused-ring (bicyclic) bond motifs is 1. The van der Waals surface area contributed by atoms with E-state index in [2.05, 4.69) is 47.8 Å². The Bertz CT molecular complexity index is 690. The van der Waals surface area contributed by atoms with Crippen LogP contribution in [0.1, 0.15) is 31.5 Å². The van der Waals surface area contributed by atoms with E-state index in [4.69, 9.17) is 4.98 Å². The molecule has 0 aromatic carbocycles. The van der Waals surface area contributed by atoms with Gasteiger partial charge in [-0.05, 0) is 23.6 Å². The minimum absolute atomic E-state index is 0.0119. The van der Waals surface area contributed by atoms with E-state index in [1.807, 2.05) is 18.3 Å². The summed E-state index contributed by atoms with van der Waals surface area (Å²) in [6.07, 6.45) is 1.83. The molecule has 0 atom stereocenters. The third-order valence-corrected chi connectivity index (χ3v) is 3.93. The van der Waals surface area contributed by atoms with Crippen molar-refractivity contribution in [1.29, 1.82) is 0 Å². The molecule has 0 aliphatic heterocycles. The van der Waals surface area contributed by atoms with Crippen molar-refractivity contribution in [3.05, 3.63) is 46.5 Å². The number of pyridine rings is 1. The molecule has 19 heavy (non-hydrogen) atoms. The smallest absolute Gasteiger partial charge is 0.160 e. The maximum atomic E-state index is 4.77. The quantitative estimate of drug-likeness (QED) is 0.709. The van der Waals surface area contributed by atoms with E-state index in [0.717, 1.165) is 23.5 Å². The lowest BCUT2D eigenvalue weighted by Gasteiger charge is -2.19. The Morgan fingerprint density at radius 2 is 2.05 bits per heavy atom. The Hall–Kier alpha value is -1.68. The molecule has 3 nitrogen and oxygen atoms in total. The van der Waals surface area contributed by atoms with Gasteiger partial charge in [0, 0.05) is 16.5 Å². The second-order valence-electron chi connectivity index (χ2n) is 5.70. The van der Waals surface area contributed by atoms with Crippen LogP contribution in [0.5, 0.6) is 0 Å². The molecule has 3 heterocycles. The fraction of sp³-hybridized carbons (Fsp3) is 0.333. The molecule has 3 rings (SSSR count). The summed E-state index contributed by atoms with van der Waals surface area (Å²) in [5, 5.41) is 2.11. The van der Waals surface area contributed by atoms with Gasteiger partial charge in [0.15, 0.2) is 5.65 Å². The van der Waals surface area contributed by atoms with E-state index in [1.165, 1.54) is 4.88 Å². The molecule has 3 aromatic rings. The van der Waals surface area contributed by atoms with Crippen LogP contribution in [0.15, 0.2) is 35.8 Å². The number of nitrogens with zero attached hydrogens (tertiary/aromatic N) is 3. The summed E-state index contributed by atoms with van der Waals surface area (Å²) < 4.78 is 2.24. The monoisotopic (exact) mass is 271 g/mol. The number of imidazole rings is 1. The highest BCUT2D eigenvalue weighted by Gasteiger charge is 2.23. The third-order valence-electron chi connectivity index (χ3n) is 3.07. The Balaban J connectivity index is 2.19. The first-order valence-electron chi connectivity index (χ1n) is 6.40. The molecule has 0 aliphatic carbocycles. The summed E-state index contributed by atoms with van der Waals surface area (Å²) in [5.41, 5.74) is 1.96. The average Bonchev–Trinajstić information content (AvgIpc) is 2.97. The predicted molar refractivity (Wildman–Crippen MR) is 79.6 cm³/mol. The molecule has 0 unspecified atom stereocenters. The fourth-order valence-electron chi connectivity index (χ4n) is 2.24. The van der Waals surface area contributed by atoms with Gasteiger partial charge in [-0.15, -0.1) is 11.3 Å². The molecule has 98 valence electrons. The zero-order valence-corrected chi connectivity index (χ0v) is 12.2. The van der Waals surface area contributed by atoms with E-state index in [9.17, 15) is 0 Å². The highest BCUT2D eigenvalue weighted by molar-refractivity contribution is 7.09. The van der Waals surface area contributed by atoms with Crippen LogP contribution in [0.2, 0.25) is 0 Å². The lowest BCUT2D eigenvalue weighted by Crippen LogP contribution is -2.19. The summed E-state index contributed by atoms with van der Waals surface area (Å²) in [4.78, 5) is 10.6. The van der Waals surface area contributed by atoms with Crippen LogP contribution in [-0.4, -0.2) is 14.5 Å². The molecule has 4 heteroatoms. The van der Waals surface area contributed by atoms with Crippen LogP contribution >= 0.6 is 11.3 Å². The SMILES string of the molecule is CC(C)(C)c1nc2cccnc2n1Cc1cccs1. The van der Waals surface area contributed by atoms with Crippen LogP contribution in [0.4, 0.5) is 0 Å². The van der Waals surface area contributed by atoms with E-state index in [0.29, 0.717) is 0 Å². The zero-order valence-electron chi connectivity index (χ0n) is 11.4. The Kier molecular flexibility index (Phi) is 2.90. The Morgan fingerprint density at radius 1 is 1.21 bits per heavy atom. The van der Waals surface area contributed by atoms with Crippen molar-refractivity contribution in [3.8, 4) is 0 Å². The van der Waals surface area contributed by atoms with Crippen molar-refractivity contribution in [1.82, 2.24) is 14.5 Å². The van der Waals surface area contributed by atoms with Crippen molar-refractivity contribution in [2.24, 2.45) is 0 Å². The molecule has 0 amide bonds. The van der Waals surface area contributed by atoms with Gasteiger partial charge in [0.1, 0.15) is 11.3 Å². The molecular weight excluding hydrogens is 254 g/mol. The minimum atomic E-state index is 0.0119. The van der Waals surface area contributed by atoms with Crippen LogP contribution in [0.25, 0.3) is 11.2 Å². The molecule has 0 fully saturated rings. The maximum absolute atomic E-state index is 4.77. The first-order chi connectivity index (χ1) is 9.05. The number of hydrogen-bond donors (Lipinski definition) is 0. The van der Waals surface area contributed by atoms with Gasteiger partial charge < -0.3 is 4.57 Å². The molecule has 3 aromatic heterocycles. The third kappa shape index (κ3) is 2.28. The summed E-state index contributed by atoms with van der Waals surface area (Å²) in [6.45, 7) is 7.43. The maximum Gasteiger partial charge on any atom is 0.160 e. The normalized spacial score (nSPS) is 12.2. The summed E-state index contributed by atoms with van der Waals surface area (Å²) in [5.74, 6) is 1.09. The molecule has 0 saturated heterocycles. The lowest BCUT2D eigenvalue weighted by atomic mass is 9.95. The van der Waals surface area contributed by atoms with Crippen molar-refractivity contribution in [3.63, 3.8) is 0 Å². The summed E-state index contributed by atoms with van der Waals surface area (Å²) in [7, 11) is 0. The first kappa shape index (κ1) is 12.4. The average molecular weight is 271 g/mol. The highest BCUT2D eigenvalue weighted by Crippen LogP contribution is 2.26. The second kappa shape index (κ2) is 4.46. The van der Waals surface area contributed by atoms with Gasteiger partial charge in [0.25, 0.3) is 0 Å². The number of aromatic nitrogens is 3. The van der Waals surface area contributed by atoms with Gasteiger partial charge in [-0.25, -0.2) is 9.97 Å². The van der Waals surface area contributed by atoms with Crippen LogP contribution < -0.4 is 0 Å². The molecule has 0 aliphatic rings. The van der Waals surface area contributed by atoms with Gasteiger partial charge in [0.05, 0.1) is 6.54 Å². The van der Waals surface area contributed by atoms with Crippen LogP contribution in [0, 0.1) is 0 Å². The van der Waals surface area contributed by atoms with E-state index in [-0.39, 0.29) is 5.41 Å². The molecule has 0 bridgehead atoms. The lowest BCUT2D eigenvalue weighted by molar-refractivity contribution is 0.516. The fourth-order valence-corrected chi connectivity index (χ4v) is 2.93. The van der Waals surface area contributed by atoms with Crippen molar-refractivity contribution in [2.45, 2.75) is 32.7 Å². The van der Waals surface area contributed by atoms with Gasteiger partial charge in [-0.1, -0.05) is 26.8 Å². The largest absolute Gasteiger partial charge is 0.307 e. The molecule has 0 radical (unpaired) electrons. The topological polar surface area (TPSA) is 30.7 Å². The van der Waals surface area contributed by atoms with Crippen molar-refractivity contribution < 1.29 is 0 Å². The first-order valence-corrected chi connectivity index (χ1v) is 7.28. The standard InChI is InChI=1S/C15H17N3S/c1-15(2,3)14-17-12-7-4-8-16-13(12)18(14)10-11-6-5-9-19-11/h4-9H,10H2,1-3H3.